The molecule has 2 heterocycles. The Balaban J connectivity index is 1.65. The number of anilines is 5. The minimum Gasteiger partial charge on any atom is -0.378 e. The highest BCUT2D eigenvalue weighted by Gasteiger charge is 2.17. The van der Waals surface area contributed by atoms with Crippen LogP contribution in [0.3, 0.4) is 0 Å². The lowest BCUT2D eigenvalue weighted by Crippen LogP contribution is -2.37. The number of morpholine rings is 1. The summed E-state index contributed by atoms with van der Waals surface area (Å²) < 4.78 is 5.43. The average molecular weight is 383 g/mol. The summed E-state index contributed by atoms with van der Waals surface area (Å²) in [6.45, 7) is 2.80. The Hall–Kier alpha value is -2.90. The second-order valence-corrected chi connectivity index (χ2v) is 6.44. The molecule has 0 amide bonds. The first-order valence-electron chi connectivity index (χ1n) is 8.70. The fourth-order valence-corrected chi connectivity index (χ4v) is 2.92. The topological polar surface area (TPSA) is 75.2 Å². The number of halogens is 1. The summed E-state index contributed by atoms with van der Waals surface area (Å²) in [6, 6.07) is 17.2. The van der Waals surface area contributed by atoms with Crippen molar-refractivity contribution in [3.8, 4) is 0 Å². The largest absolute Gasteiger partial charge is 0.378 e. The van der Waals surface area contributed by atoms with Gasteiger partial charge in [-0.05, 0) is 30.3 Å². The Bertz CT molecular complexity index is 902. The number of hydrogen-bond acceptors (Lipinski definition) is 7. The highest BCUT2D eigenvalue weighted by Crippen LogP contribution is 2.22. The molecule has 0 saturated carbocycles. The molecule has 1 aromatic heterocycles. The molecule has 0 unspecified atom stereocenters. The number of nitrogens with zero attached hydrogens (tertiary/aromatic N) is 4. The van der Waals surface area contributed by atoms with E-state index in [1.165, 1.54) is 0 Å². The lowest BCUT2D eigenvalue weighted by atomic mass is 10.3. The number of aromatic nitrogens is 3. The van der Waals surface area contributed by atoms with Crippen LogP contribution in [-0.4, -0.2) is 41.3 Å². The number of hydrogen-bond donors (Lipinski definition) is 2. The van der Waals surface area contributed by atoms with Gasteiger partial charge in [-0.1, -0.05) is 35.9 Å². The maximum absolute atomic E-state index is 6.08. The monoisotopic (exact) mass is 382 g/mol. The van der Waals surface area contributed by atoms with Gasteiger partial charge in [0.25, 0.3) is 0 Å². The van der Waals surface area contributed by atoms with Gasteiger partial charge in [-0.25, -0.2) is 0 Å². The van der Waals surface area contributed by atoms with Crippen LogP contribution in [-0.2, 0) is 4.74 Å². The van der Waals surface area contributed by atoms with Crippen LogP contribution < -0.4 is 15.5 Å². The van der Waals surface area contributed by atoms with E-state index in [2.05, 4.69) is 30.5 Å². The van der Waals surface area contributed by atoms with Crippen LogP contribution in [0, 0.1) is 0 Å². The first-order valence-corrected chi connectivity index (χ1v) is 9.07. The van der Waals surface area contributed by atoms with E-state index in [1.54, 1.807) is 0 Å². The molecule has 7 nitrogen and oxygen atoms in total. The van der Waals surface area contributed by atoms with Crippen molar-refractivity contribution in [1.82, 2.24) is 15.0 Å². The van der Waals surface area contributed by atoms with Crippen molar-refractivity contribution in [1.29, 1.82) is 0 Å². The van der Waals surface area contributed by atoms with E-state index < -0.39 is 0 Å². The molecule has 138 valence electrons. The Morgan fingerprint density at radius 2 is 1.48 bits per heavy atom. The van der Waals surface area contributed by atoms with Crippen LogP contribution >= 0.6 is 11.6 Å². The second-order valence-electron chi connectivity index (χ2n) is 6.01. The summed E-state index contributed by atoms with van der Waals surface area (Å²) in [5.41, 5.74) is 1.72. The summed E-state index contributed by atoms with van der Waals surface area (Å²) in [6.07, 6.45) is 0. The quantitative estimate of drug-likeness (QED) is 0.694. The number of ether oxygens (including phenoxy) is 1. The van der Waals surface area contributed by atoms with Gasteiger partial charge < -0.3 is 20.3 Å². The van der Waals surface area contributed by atoms with E-state index in [-0.39, 0.29) is 0 Å². The number of rotatable bonds is 5. The van der Waals surface area contributed by atoms with Crippen LogP contribution in [0.5, 0.6) is 0 Å². The van der Waals surface area contributed by atoms with Crippen LogP contribution in [0.2, 0.25) is 5.02 Å². The Labute approximate surface area is 162 Å². The van der Waals surface area contributed by atoms with Crippen molar-refractivity contribution in [3.05, 3.63) is 59.6 Å². The van der Waals surface area contributed by atoms with E-state index in [9.17, 15) is 0 Å². The summed E-state index contributed by atoms with van der Waals surface area (Å²) in [4.78, 5) is 15.8. The number of para-hydroxylation sites is 1. The van der Waals surface area contributed by atoms with Crippen molar-refractivity contribution in [2.45, 2.75) is 0 Å². The van der Waals surface area contributed by atoms with Crippen molar-refractivity contribution < 1.29 is 4.74 Å². The molecule has 1 aliphatic heterocycles. The zero-order chi connectivity index (χ0) is 18.5. The minimum absolute atomic E-state index is 0.451. The molecule has 0 atom stereocenters. The second kappa shape index (κ2) is 8.20. The van der Waals surface area contributed by atoms with Gasteiger partial charge in [0, 0.05) is 29.5 Å². The fraction of sp³-hybridized carbons (Fsp3) is 0.211. The van der Waals surface area contributed by atoms with Crippen LogP contribution in [0.1, 0.15) is 0 Å². The van der Waals surface area contributed by atoms with Gasteiger partial charge in [0.15, 0.2) is 0 Å². The van der Waals surface area contributed by atoms with Gasteiger partial charge >= 0.3 is 0 Å². The Kier molecular flexibility index (Phi) is 5.32. The summed E-state index contributed by atoms with van der Waals surface area (Å²) >= 11 is 6.08. The van der Waals surface area contributed by atoms with Gasteiger partial charge in [-0.3, -0.25) is 0 Å². The van der Waals surface area contributed by atoms with E-state index >= 15 is 0 Å². The normalized spacial score (nSPS) is 14.0. The van der Waals surface area contributed by atoms with Crippen LogP contribution in [0.15, 0.2) is 54.6 Å². The predicted molar refractivity (Wildman–Crippen MR) is 107 cm³/mol. The summed E-state index contributed by atoms with van der Waals surface area (Å²) in [5.74, 6) is 1.53. The van der Waals surface area contributed by atoms with E-state index in [0.717, 1.165) is 24.5 Å². The Morgan fingerprint density at radius 3 is 2.19 bits per heavy atom. The zero-order valence-corrected chi connectivity index (χ0v) is 15.4. The van der Waals surface area contributed by atoms with Gasteiger partial charge in [0.2, 0.25) is 17.8 Å². The summed E-state index contributed by atoms with van der Waals surface area (Å²) in [7, 11) is 0. The maximum atomic E-state index is 6.08. The van der Waals surface area contributed by atoms with E-state index in [0.29, 0.717) is 36.1 Å². The molecule has 27 heavy (non-hydrogen) atoms. The van der Waals surface area contributed by atoms with E-state index in [4.69, 9.17) is 16.3 Å². The molecular weight excluding hydrogens is 364 g/mol. The third-order valence-corrected chi connectivity index (χ3v) is 4.26. The lowest BCUT2D eigenvalue weighted by Gasteiger charge is -2.27. The van der Waals surface area contributed by atoms with Crippen molar-refractivity contribution >= 4 is 40.8 Å². The molecule has 0 spiro atoms. The molecule has 0 aliphatic carbocycles. The highest BCUT2D eigenvalue weighted by atomic mass is 35.5. The van der Waals surface area contributed by atoms with Gasteiger partial charge in [-0.2, -0.15) is 15.0 Å². The molecule has 1 fully saturated rings. The summed E-state index contributed by atoms with van der Waals surface area (Å²) in [5, 5.41) is 7.08. The molecule has 2 N–H and O–H groups in total. The van der Waals surface area contributed by atoms with Gasteiger partial charge in [-0.15, -0.1) is 0 Å². The fourth-order valence-electron chi connectivity index (χ4n) is 2.73. The van der Waals surface area contributed by atoms with Crippen molar-refractivity contribution in [2.75, 3.05) is 41.8 Å². The third kappa shape index (κ3) is 4.64. The molecule has 0 bridgehead atoms. The molecule has 4 rings (SSSR count). The third-order valence-electron chi connectivity index (χ3n) is 4.03. The predicted octanol–water partition coefficient (Wildman–Crippen LogP) is 3.85. The van der Waals surface area contributed by atoms with E-state index in [1.807, 2.05) is 54.6 Å². The number of nitrogens with one attached hydrogen (secondary N) is 2. The molecular formula is C19H19ClN6O. The molecule has 8 heteroatoms. The number of benzene rings is 2. The molecule has 0 radical (unpaired) electrons. The minimum atomic E-state index is 0.451. The standard InChI is InChI=1S/C19H19ClN6O/c20-14-5-4-8-16(13-14)22-18-23-17(21-15-6-2-1-3-7-15)24-19(25-18)26-9-11-27-12-10-26/h1-8,13H,9-12H2,(H2,21,22,23,24,25). The van der Waals surface area contributed by atoms with Gasteiger partial charge in [0.1, 0.15) is 0 Å². The maximum Gasteiger partial charge on any atom is 0.233 e. The SMILES string of the molecule is Clc1cccc(Nc2nc(Nc3ccccc3)nc(N3CCOCC3)n2)c1. The van der Waals surface area contributed by atoms with Crippen LogP contribution in [0.25, 0.3) is 0 Å². The van der Waals surface area contributed by atoms with Crippen LogP contribution in [0.4, 0.5) is 29.2 Å². The van der Waals surface area contributed by atoms with Gasteiger partial charge in [0.05, 0.1) is 13.2 Å². The molecule has 3 aromatic rings. The molecule has 1 aliphatic rings. The highest BCUT2D eigenvalue weighted by molar-refractivity contribution is 6.30. The average Bonchev–Trinajstić information content (AvgIpc) is 2.69. The Morgan fingerprint density at radius 1 is 0.815 bits per heavy atom. The van der Waals surface area contributed by atoms with Crippen molar-refractivity contribution in [2.24, 2.45) is 0 Å². The first-order chi connectivity index (χ1) is 13.3. The smallest absolute Gasteiger partial charge is 0.233 e. The molecule has 2 aromatic carbocycles. The lowest BCUT2D eigenvalue weighted by molar-refractivity contribution is 0.122. The van der Waals surface area contributed by atoms with Crippen molar-refractivity contribution in [3.63, 3.8) is 0 Å². The molecule has 1 saturated heterocycles. The first kappa shape index (κ1) is 17.5. The zero-order valence-electron chi connectivity index (χ0n) is 14.6.